The number of rotatable bonds is 8. The minimum absolute atomic E-state index is 0.0447. The van der Waals surface area contributed by atoms with Crippen molar-refractivity contribution in [2.24, 2.45) is 5.92 Å². The first-order valence-corrected chi connectivity index (χ1v) is 14.4. The van der Waals surface area contributed by atoms with Crippen LogP contribution in [0.4, 0.5) is 16.3 Å². The van der Waals surface area contributed by atoms with Gasteiger partial charge in [-0.05, 0) is 65.4 Å². The Morgan fingerprint density at radius 2 is 1.95 bits per heavy atom. The Balaban J connectivity index is 1.30. The smallest absolute Gasteiger partial charge is 0.410 e. The van der Waals surface area contributed by atoms with Gasteiger partial charge in [-0.15, -0.1) is 5.10 Å². The quantitative estimate of drug-likeness (QED) is 0.405. The molecule has 4 heterocycles. The molecule has 0 radical (unpaired) electrons. The molecule has 2 atom stereocenters. The fourth-order valence-electron chi connectivity index (χ4n) is 5.10. The van der Waals surface area contributed by atoms with E-state index in [1.807, 2.05) is 57.7 Å². The molecule has 1 saturated heterocycles. The molecular formula is C29H41N9O3. The number of ether oxygens (including phenoxy) is 1. The first kappa shape index (κ1) is 28.6. The largest absolute Gasteiger partial charge is 0.444 e. The zero-order valence-electron chi connectivity index (χ0n) is 24.9. The summed E-state index contributed by atoms with van der Waals surface area (Å²) in [5.41, 5.74) is 1.37. The molecule has 41 heavy (non-hydrogen) atoms. The number of amides is 1. The molecule has 1 aliphatic heterocycles. The first-order chi connectivity index (χ1) is 19.5. The summed E-state index contributed by atoms with van der Waals surface area (Å²) in [5.74, 6) is 1.28. The van der Waals surface area contributed by atoms with Crippen LogP contribution >= 0.6 is 0 Å². The third-order valence-electron chi connectivity index (χ3n) is 7.55. The number of piperidine rings is 1. The van der Waals surface area contributed by atoms with Gasteiger partial charge in [0.2, 0.25) is 0 Å². The number of carbonyl (C=O) groups excluding carboxylic acids is 1. The second kappa shape index (κ2) is 11.5. The molecule has 0 spiro atoms. The average molecular weight is 564 g/mol. The Hall–Kier alpha value is -3.96. The van der Waals surface area contributed by atoms with Gasteiger partial charge in [-0.1, -0.05) is 5.21 Å². The molecule has 3 aromatic heterocycles. The van der Waals surface area contributed by atoms with E-state index in [2.05, 4.69) is 25.2 Å². The SMILES string of the molecule is CC(n1cc(-c2cncc(N(C)C)n2)nn1)n1ccc(N2CCC[C@@H](N(CC3CC3)C(=O)OC(C)(C)C)C2)cc1=O. The van der Waals surface area contributed by atoms with Gasteiger partial charge in [-0.25, -0.2) is 14.5 Å². The zero-order valence-corrected chi connectivity index (χ0v) is 24.9. The van der Waals surface area contributed by atoms with Crippen molar-refractivity contribution in [1.82, 2.24) is 34.4 Å². The lowest BCUT2D eigenvalue weighted by Gasteiger charge is -2.40. The van der Waals surface area contributed by atoms with E-state index < -0.39 is 11.8 Å². The van der Waals surface area contributed by atoms with Crippen LogP contribution in [0.3, 0.4) is 0 Å². The van der Waals surface area contributed by atoms with E-state index in [0.29, 0.717) is 23.9 Å². The zero-order chi connectivity index (χ0) is 29.3. The van der Waals surface area contributed by atoms with Crippen molar-refractivity contribution >= 4 is 17.6 Å². The number of anilines is 2. The Morgan fingerprint density at radius 1 is 1.17 bits per heavy atom. The third kappa shape index (κ3) is 6.86. The number of pyridine rings is 1. The molecule has 220 valence electrons. The summed E-state index contributed by atoms with van der Waals surface area (Å²) in [5, 5.41) is 8.53. The van der Waals surface area contributed by atoms with Crippen LogP contribution in [0.5, 0.6) is 0 Å². The summed E-state index contributed by atoms with van der Waals surface area (Å²) in [7, 11) is 3.80. The van der Waals surface area contributed by atoms with E-state index in [0.717, 1.165) is 50.3 Å². The van der Waals surface area contributed by atoms with Crippen molar-refractivity contribution in [3.05, 3.63) is 47.3 Å². The summed E-state index contributed by atoms with van der Waals surface area (Å²) < 4.78 is 9.04. The fraction of sp³-hybridized carbons (Fsp3) is 0.586. The Kier molecular flexibility index (Phi) is 8.01. The molecule has 1 saturated carbocycles. The molecule has 1 unspecified atom stereocenters. The van der Waals surface area contributed by atoms with E-state index in [1.165, 1.54) is 0 Å². The highest BCUT2D eigenvalue weighted by molar-refractivity contribution is 5.69. The van der Waals surface area contributed by atoms with Crippen LogP contribution in [-0.4, -0.2) is 85.9 Å². The Morgan fingerprint density at radius 3 is 2.63 bits per heavy atom. The standard InChI is InChI=1S/C29H41N9O3/c1-20(38-19-25(32-33-38)24-15-30-16-26(31-24)34(5)6)36-13-11-22(14-27(36)39)35-12-7-8-23(18-35)37(17-21-9-10-21)28(40)41-29(2,3)4/h11,13-16,19-21,23H,7-10,12,17-18H2,1-6H3/t20?,23-/m1/s1. The molecule has 0 aromatic carbocycles. The van der Waals surface area contributed by atoms with Gasteiger partial charge < -0.3 is 19.4 Å². The van der Waals surface area contributed by atoms with Crippen LogP contribution in [0, 0.1) is 5.92 Å². The van der Waals surface area contributed by atoms with Gasteiger partial charge in [-0.3, -0.25) is 14.3 Å². The normalized spacial score (nSPS) is 18.2. The van der Waals surface area contributed by atoms with Crippen LogP contribution < -0.4 is 15.4 Å². The van der Waals surface area contributed by atoms with Crippen molar-refractivity contribution in [3.8, 4) is 11.4 Å². The van der Waals surface area contributed by atoms with Gasteiger partial charge in [0.05, 0.1) is 24.6 Å². The van der Waals surface area contributed by atoms with Crippen molar-refractivity contribution < 1.29 is 9.53 Å². The maximum Gasteiger partial charge on any atom is 0.410 e. The highest BCUT2D eigenvalue weighted by Crippen LogP contribution is 2.32. The predicted octanol–water partition coefficient (Wildman–Crippen LogP) is 3.65. The van der Waals surface area contributed by atoms with Crippen molar-refractivity contribution in [2.75, 3.05) is 43.5 Å². The van der Waals surface area contributed by atoms with Gasteiger partial charge in [0, 0.05) is 51.7 Å². The Bertz CT molecular complexity index is 1420. The summed E-state index contributed by atoms with van der Waals surface area (Å²) >= 11 is 0. The molecule has 3 aromatic rings. The second-order valence-corrected chi connectivity index (χ2v) is 12.3. The highest BCUT2D eigenvalue weighted by Gasteiger charge is 2.36. The van der Waals surface area contributed by atoms with Crippen molar-refractivity contribution in [2.45, 2.75) is 71.2 Å². The molecule has 2 aliphatic rings. The van der Waals surface area contributed by atoms with E-state index >= 15 is 0 Å². The molecule has 2 fully saturated rings. The lowest BCUT2D eigenvalue weighted by molar-refractivity contribution is 0.0134. The van der Waals surface area contributed by atoms with E-state index in [-0.39, 0.29) is 17.7 Å². The molecule has 12 heteroatoms. The van der Waals surface area contributed by atoms with E-state index in [9.17, 15) is 9.59 Å². The van der Waals surface area contributed by atoms with E-state index in [4.69, 9.17) is 4.74 Å². The summed E-state index contributed by atoms with van der Waals surface area (Å²) in [6.07, 6.45) is 10.5. The maximum atomic E-state index is 13.3. The van der Waals surface area contributed by atoms with Crippen LogP contribution in [0.25, 0.3) is 11.4 Å². The molecular weight excluding hydrogens is 522 g/mol. The first-order valence-electron chi connectivity index (χ1n) is 14.4. The van der Waals surface area contributed by atoms with Crippen LogP contribution in [0.1, 0.15) is 59.5 Å². The average Bonchev–Trinajstić information content (AvgIpc) is 3.62. The van der Waals surface area contributed by atoms with Gasteiger partial charge in [0.1, 0.15) is 29.0 Å². The Labute approximate surface area is 240 Å². The number of hydrogen-bond acceptors (Lipinski definition) is 9. The lowest BCUT2D eigenvalue weighted by Crippen LogP contribution is -2.52. The minimum atomic E-state index is -0.539. The summed E-state index contributed by atoms with van der Waals surface area (Å²) in [4.78, 5) is 41.2. The predicted molar refractivity (Wildman–Crippen MR) is 157 cm³/mol. The number of aromatic nitrogens is 6. The highest BCUT2D eigenvalue weighted by atomic mass is 16.6. The number of carbonyl (C=O) groups is 1. The molecule has 12 nitrogen and oxygen atoms in total. The molecule has 0 bridgehead atoms. The summed E-state index contributed by atoms with van der Waals surface area (Å²) in [6, 6.07) is 3.67. The monoisotopic (exact) mass is 563 g/mol. The van der Waals surface area contributed by atoms with Gasteiger partial charge in [-0.2, -0.15) is 0 Å². The lowest BCUT2D eigenvalue weighted by atomic mass is 10.0. The minimum Gasteiger partial charge on any atom is -0.444 e. The topological polar surface area (TPSA) is 115 Å². The number of hydrogen-bond donors (Lipinski definition) is 0. The van der Waals surface area contributed by atoms with Gasteiger partial charge in [0.15, 0.2) is 0 Å². The van der Waals surface area contributed by atoms with Gasteiger partial charge >= 0.3 is 6.09 Å². The second-order valence-electron chi connectivity index (χ2n) is 12.3. The van der Waals surface area contributed by atoms with Crippen molar-refractivity contribution in [3.63, 3.8) is 0 Å². The molecule has 1 amide bonds. The molecule has 1 aliphatic carbocycles. The van der Waals surface area contributed by atoms with Gasteiger partial charge in [0.25, 0.3) is 5.56 Å². The number of nitrogens with zero attached hydrogens (tertiary/aromatic N) is 9. The van der Waals surface area contributed by atoms with Crippen molar-refractivity contribution in [1.29, 1.82) is 0 Å². The van der Waals surface area contributed by atoms with Crippen LogP contribution in [-0.2, 0) is 4.74 Å². The van der Waals surface area contributed by atoms with Crippen LogP contribution in [0.15, 0.2) is 41.7 Å². The third-order valence-corrected chi connectivity index (χ3v) is 7.55. The fourth-order valence-corrected chi connectivity index (χ4v) is 5.10. The maximum absolute atomic E-state index is 13.3. The molecule has 0 N–H and O–H groups in total. The molecule has 5 rings (SSSR count). The van der Waals surface area contributed by atoms with Crippen LogP contribution in [0.2, 0.25) is 0 Å². The van der Waals surface area contributed by atoms with E-state index in [1.54, 1.807) is 40.1 Å². The summed E-state index contributed by atoms with van der Waals surface area (Å²) in [6.45, 7) is 9.85.